The zero-order valence-corrected chi connectivity index (χ0v) is 6.37. The van der Waals surface area contributed by atoms with Gasteiger partial charge >= 0.3 is 5.97 Å². The zero-order chi connectivity index (χ0) is 8.72. The van der Waals surface area contributed by atoms with E-state index in [-0.39, 0.29) is 5.69 Å². The van der Waals surface area contributed by atoms with Crippen molar-refractivity contribution in [3.8, 4) is 0 Å². The molecule has 1 heterocycles. The van der Waals surface area contributed by atoms with E-state index in [1.807, 2.05) is 0 Å². The molecule has 0 radical (unpaired) electrons. The molecule has 1 aliphatic carbocycles. The van der Waals surface area contributed by atoms with Gasteiger partial charge in [0.15, 0.2) is 0 Å². The Labute approximate surface area is 68.8 Å². The van der Waals surface area contributed by atoms with Gasteiger partial charge < -0.3 is 15.2 Å². The van der Waals surface area contributed by atoms with Crippen molar-refractivity contribution >= 4 is 5.97 Å². The summed E-state index contributed by atoms with van der Waals surface area (Å²) in [5.41, 5.74) is 1.77. The Morgan fingerprint density at radius 3 is 3.00 bits per heavy atom. The first-order valence-corrected chi connectivity index (χ1v) is 3.81. The van der Waals surface area contributed by atoms with E-state index in [9.17, 15) is 9.90 Å². The second kappa shape index (κ2) is 2.35. The molecule has 0 unspecified atom stereocenters. The second-order valence-corrected chi connectivity index (χ2v) is 2.98. The van der Waals surface area contributed by atoms with Crippen LogP contribution in [0.2, 0.25) is 0 Å². The smallest absolute Gasteiger partial charge is 0.352 e. The summed E-state index contributed by atoms with van der Waals surface area (Å²) in [4.78, 5) is 13.2. The normalized spacial score (nSPS) is 20.9. The molecule has 1 aromatic rings. The van der Waals surface area contributed by atoms with Crippen LogP contribution in [-0.2, 0) is 6.42 Å². The molecule has 4 heteroatoms. The number of aromatic nitrogens is 1. The topological polar surface area (TPSA) is 73.3 Å². The maximum Gasteiger partial charge on any atom is 0.352 e. The highest BCUT2D eigenvalue weighted by Crippen LogP contribution is 2.30. The Morgan fingerprint density at radius 2 is 2.42 bits per heavy atom. The van der Waals surface area contributed by atoms with E-state index in [0.717, 1.165) is 12.0 Å². The average molecular weight is 167 g/mol. The molecule has 0 saturated carbocycles. The molecule has 3 N–H and O–H groups in total. The summed E-state index contributed by atoms with van der Waals surface area (Å²) >= 11 is 0. The number of nitrogens with one attached hydrogen (secondary N) is 1. The predicted molar refractivity (Wildman–Crippen MR) is 41.0 cm³/mol. The molecular weight excluding hydrogens is 158 g/mol. The van der Waals surface area contributed by atoms with Gasteiger partial charge in [-0.1, -0.05) is 0 Å². The Kier molecular flexibility index (Phi) is 1.44. The fourth-order valence-electron chi connectivity index (χ4n) is 1.57. The number of hydrogen-bond acceptors (Lipinski definition) is 2. The van der Waals surface area contributed by atoms with Gasteiger partial charge in [-0.2, -0.15) is 0 Å². The number of hydrogen-bond donors (Lipinski definition) is 3. The van der Waals surface area contributed by atoms with Crippen LogP contribution in [0.1, 0.15) is 34.3 Å². The Bertz CT molecular complexity index is 329. The standard InChI is InChI=1S/C8H9NO3/c10-6-2-1-4-3-5(8(11)12)9-7(4)6/h3,6,9-10H,1-2H2,(H,11,12)/t6-/m1/s1. The lowest BCUT2D eigenvalue weighted by atomic mass is 10.2. The van der Waals surface area contributed by atoms with Gasteiger partial charge in [0.05, 0.1) is 6.10 Å². The number of aliphatic hydroxyl groups is 1. The molecule has 1 aromatic heterocycles. The molecule has 0 fully saturated rings. The van der Waals surface area contributed by atoms with Crippen molar-refractivity contribution in [1.82, 2.24) is 4.98 Å². The third-order valence-electron chi connectivity index (χ3n) is 2.18. The number of aryl methyl sites for hydroxylation is 1. The number of carbonyl (C=O) groups is 1. The van der Waals surface area contributed by atoms with Crippen LogP contribution in [0.25, 0.3) is 0 Å². The maximum absolute atomic E-state index is 10.5. The molecule has 0 saturated heterocycles. The number of aliphatic hydroxyl groups excluding tert-OH is 1. The minimum absolute atomic E-state index is 0.166. The molecule has 1 aliphatic rings. The number of carboxylic acid groups (broad SMARTS) is 1. The molecule has 0 amide bonds. The summed E-state index contributed by atoms with van der Waals surface area (Å²) in [6.45, 7) is 0. The highest BCUT2D eigenvalue weighted by Gasteiger charge is 2.24. The van der Waals surface area contributed by atoms with Crippen LogP contribution in [0.4, 0.5) is 0 Å². The predicted octanol–water partition coefficient (Wildman–Crippen LogP) is 0.693. The molecular formula is C8H9NO3. The van der Waals surface area contributed by atoms with E-state index in [0.29, 0.717) is 12.1 Å². The SMILES string of the molecule is O=C(O)c1cc2c([nH]1)[C@H](O)CC2. The van der Waals surface area contributed by atoms with Crippen LogP contribution in [0.5, 0.6) is 0 Å². The summed E-state index contributed by atoms with van der Waals surface area (Å²) in [6.07, 6.45) is 0.953. The van der Waals surface area contributed by atoms with Gasteiger partial charge in [-0.3, -0.25) is 0 Å². The van der Waals surface area contributed by atoms with Gasteiger partial charge in [-0.15, -0.1) is 0 Å². The largest absolute Gasteiger partial charge is 0.477 e. The first-order chi connectivity index (χ1) is 5.68. The highest BCUT2D eigenvalue weighted by atomic mass is 16.4. The third kappa shape index (κ3) is 0.921. The monoisotopic (exact) mass is 167 g/mol. The zero-order valence-electron chi connectivity index (χ0n) is 6.37. The molecule has 1 atom stereocenters. The van der Waals surface area contributed by atoms with E-state index in [1.54, 1.807) is 6.07 Å². The van der Waals surface area contributed by atoms with Crippen molar-refractivity contribution in [3.05, 3.63) is 23.0 Å². The van der Waals surface area contributed by atoms with Crippen LogP contribution < -0.4 is 0 Å². The van der Waals surface area contributed by atoms with E-state index in [2.05, 4.69) is 4.98 Å². The summed E-state index contributed by atoms with van der Waals surface area (Å²) in [5, 5.41) is 18.0. The van der Waals surface area contributed by atoms with Crippen molar-refractivity contribution in [1.29, 1.82) is 0 Å². The first-order valence-electron chi connectivity index (χ1n) is 3.81. The molecule has 64 valence electrons. The van der Waals surface area contributed by atoms with Gasteiger partial charge in [0.2, 0.25) is 0 Å². The van der Waals surface area contributed by atoms with E-state index >= 15 is 0 Å². The van der Waals surface area contributed by atoms with Crippen LogP contribution in [0.3, 0.4) is 0 Å². The Morgan fingerprint density at radius 1 is 1.67 bits per heavy atom. The van der Waals surface area contributed by atoms with Gasteiger partial charge in [0, 0.05) is 5.69 Å². The Hall–Kier alpha value is -1.29. The summed E-state index contributed by atoms with van der Waals surface area (Å²) in [6, 6.07) is 1.59. The summed E-state index contributed by atoms with van der Waals surface area (Å²) < 4.78 is 0. The van der Waals surface area contributed by atoms with Gasteiger partial charge in [0.1, 0.15) is 5.69 Å². The van der Waals surface area contributed by atoms with Gasteiger partial charge in [0.25, 0.3) is 0 Å². The minimum atomic E-state index is -0.975. The fourth-order valence-corrected chi connectivity index (χ4v) is 1.57. The van der Waals surface area contributed by atoms with Crippen LogP contribution in [-0.4, -0.2) is 21.2 Å². The van der Waals surface area contributed by atoms with Crippen LogP contribution in [0, 0.1) is 0 Å². The highest BCUT2D eigenvalue weighted by molar-refractivity contribution is 5.86. The molecule has 2 rings (SSSR count). The molecule has 0 aromatic carbocycles. The first kappa shape index (κ1) is 7.36. The fraction of sp³-hybridized carbons (Fsp3) is 0.375. The number of H-pyrrole nitrogens is 1. The molecule has 12 heavy (non-hydrogen) atoms. The van der Waals surface area contributed by atoms with Crippen molar-refractivity contribution in [2.45, 2.75) is 18.9 Å². The van der Waals surface area contributed by atoms with Gasteiger partial charge in [-0.25, -0.2) is 4.79 Å². The van der Waals surface area contributed by atoms with Crippen molar-refractivity contribution < 1.29 is 15.0 Å². The molecule has 0 aliphatic heterocycles. The lowest BCUT2D eigenvalue weighted by molar-refractivity contribution is 0.0690. The quantitative estimate of drug-likeness (QED) is 0.576. The number of aromatic amines is 1. The third-order valence-corrected chi connectivity index (χ3v) is 2.18. The molecule has 0 spiro atoms. The van der Waals surface area contributed by atoms with Crippen molar-refractivity contribution in [3.63, 3.8) is 0 Å². The number of fused-ring (bicyclic) bond motifs is 1. The van der Waals surface area contributed by atoms with Crippen LogP contribution >= 0.6 is 0 Å². The van der Waals surface area contributed by atoms with Crippen molar-refractivity contribution in [2.24, 2.45) is 0 Å². The van der Waals surface area contributed by atoms with Gasteiger partial charge in [-0.05, 0) is 24.5 Å². The maximum atomic E-state index is 10.5. The Balaban J connectivity index is 2.43. The second-order valence-electron chi connectivity index (χ2n) is 2.98. The summed E-state index contributed by atoms with van der Waals surface area (Å²) in [5.74, 6) is -0.975. The lowest BCUT2D eigenvalue weighted by Gasteiger charge is -1.98. The number of aromatic carboxylic acids is 1. The van der Waals surface area contributed by atoms with Crippen molar-refractivity contribution in [2.75, 3.05) is 0 Å². The molecule has 0 bridgehead atoms. The molecule has 4 nitrogen and oxygen atoms in total. The number of carboxylic acids is 1. The lowest BCUT2D eigenvalue weighted by Crippen LogP contribution is -1.98. The van der Waals surface area contributed by atoms with E-state index < -0.39 is 12.1 Å². The van der Waals surface area contributed by atoms with Crippen LogP contribution in [0.15, 0.2) is 6.07 Å². The average Bonchev–Trinajstić information content (AvgIpc) is 2.53. The summed E-state index contributed by atoms with van der Waals surface area (Å²) in [7, 11) is 0. The van der Waals surface area contributed by atoms with E-state index in [4.69, 9.17) is 5.11 Å². The van der Waals surface area contributed by atoms with E-state index in [1.165, 1.54) is 0 Å². The minimum Gasteiger partial charge on any atom is -0.477 e. The number of rotatable bonds is 1.